The van der Waals surface area contributed by atoms with Gasteiger partial charge in [0.25, 0.3) is 5.91 Å². The van der Waals surface area contributed by atoms with Crippen LogP contribution in [0.4, 0.5) is 18.9 Å². The van der Waals surface area contributed by atoms with Crippen LogP contribution in [0.3, 0.4) is 0 Å². The van der Waals surface area contributed by atoms with Gasteiger partial charge in [-0.15, -0.1) is 0 Å². The number of ether oxygens (including phenoxy) is 1. The van der Waals surface area contributed by atoms with Gasteiger partial charge < -0.3 is 15.2 Å². The molecule has 0 saturated carbocycles. The number of carboxylic acids is 1. The van der Waals surface area contributed by atoms with Crippen molar-refractivity contribution in [3.05, 3.63) is 99.6 Å². The number of halogens is 4. The number of benzene rings is 3. The molecule has 35 heavy (non-hydrogen) atoms. The summed E-state index contributed by atoms with van der Waals surface area (Å²) in [4.78, 5) is 23.5. The Balaban J connectivity index is 1.81. The molecule has 178 valence electrons. The lowest BCUT2D eigenvalue weighted by molar-refractivity contribution is -0.137. The Morgan fingerprint density at radius 2 is 1.80 bits per heavy atom. The molecule has 3 aromatic carbocycles. The molecular formula is C25H16ClF3N2O4. The molecule has 0 heterocycles. The molecule has 3 aromatic rings. The van der Waals surface area contributed by atoms with Gasteiger partial charge in [0.1, 0.15) is 24.0 Å². The van der Waals surface area contributed by atoms with Crippen LogP contribution < -0.4 is 10.1 Å². The number of nitrogens with zero attached hydrogens (tertiary/aromatic N) is 1. The van der Waals surface area contributed by atoms with Gasteiger partial charge in [0.2, 0.25) is 0 Å². The van der Waals surface area contributed by atoms with Gasteiger partial charge in [0.05, 0.1) is 11.1 Å². The van der Waals surface area contributed by atoms with Gasteiger partial charge in [-0.1, -0.05) is 29.8 Å². The normalized spacial score (nSPS) is 11.5. The second kappa shape index (κ2) is 10.8. The zero-order valence-electron chi connectivity index (χ0n) is 17.8. The minimum atomic E-state index is -4.59. The number of carbonyl (C=O) groups excluding carboxylic acids is 1. The van der Waals surface area contributed by atoms with Gasteiger partial charge in [-0.25, -0.2) is 4.79 Å². The van der Waals surface area contributed by atoms with E-state index in [9.17, 15) is 28.0 Å². The monoisotopic (exact) mass is 500 g/mol. The number of nitriles is 1. The fourth-order valence-corrected chi connectivity index (χ4v) is 3.12. The summed E-state index contributed by atoms with van der Waals surface area (Å²) < 4.78 is 44.5. The second-order valence-electron chi connectivity index (χ2n) is 7.18. The topological polar surface area (TPSA) is 99.4 Å². The van der Waals surface area contributed by atoms with E-state index in [0.717, 1.165) is 18.2 Å². The van der Waals surface area contributed by atoms with Crippen LogP contribution in [0.5, 0.6) is 5.75 Å². The van der Waals surface area contributed by atoms with E-state index in [1.807, 2.05) is 0 Å². The maximum Gasteiger partial charge on any atom is 0.416 e. The molecule has 0 aromatic heterocycles. The zero-order valence-corrected chi connectivity index (χ0v) is 18.5. The average Bonchev–Trinajstić information content (AvgIpc) is 2.81. The molecule has 0 spiro atoms. The van der Waals surface area contributed by atoms with Crippen molar-refractivity contribution in [3.8, 4) is 11.8 Å². The zero-order chi connectivity index (χ0) is 25.6. The Labute approximate surface area is 202 Å². The van der Waals surface area contributed by atoms with Crippen LogP contribution in [0.1, 0.15) is 27.0 Å². The van der Waals surface area contributed by atoms with E-state index in [1.165, 1.54) is 42.5 Å². The van der Waals surface area contributed by atoms with Crippen LogP contribution in [0.15, 0.2) is 72.3 Å². The van der Waals surface area contributed by atoms with Crippen LogP contribution in [0.25, 0.3) is 6.08 Å². The fraction of sp³-hybridized carbons (Fsp3) is 0.0800. The average molecular weight is 501 g/mol. The quantitative estimate of drug-likeness (QED) is 0.298. The molecule has 10 heteroatoms. The molecule has 2 N–H and O–H groups in total. The SMILES string of the molecule is N#C/C(=C\c1cc(Cl)ccc1OCc1ccc(C(=O)O)cc1)C(=O)Nc1cccc(C(F)(F)F)c1. The fourth-order valence-electron chi connectivity index (χ4n) is 2.94. The van der Waals surface area contributed by atoms with Gasteiger partial charge >= 0.3 is 12.1 Å². The molecule has 0 radical (unpaired) electrons. The number of alkyl halides is 3. The van der Waals surface area contributed by atoms with Crippen molar-refractivity contribution in [2.45, 2.75) is 12.8 Å². The maximum atomic E-state index is 12.9. The highest BCUT2D eigenvalue weighted by Crippen LogP contribution is 2.31. The van der Waals surface area contributed by atoms with Crippen LogP contribution in [-0.4, -0.2) is 17.0 Å². The van der Waals surface area contributed by atoms with Crippen LogP contribution in [0.2, 0.25) is 5.02 Å². The van der Waals surface area contributed by atoms with Crippen LogP contribution in [-0.2, 0) is 17.6 Å². The van der Waals surface area contributed by atoms with Gasteiger partial charge in [-0.05, 0) is 60.2 Å². The third-order valence-electron chi connectivity index (χ3n) is 4.68. The molecule has 0 bridgehead atoms. The summed E-state index contributed by atoms with van der Waals surface area (Å²) in [6, 6.07) is 16.3. The third kappa shape index (κ3) is 6.85. The summed E-state index contributed by atoms with van der Waals surface area (Å²) in [7, 11) is 0. The summed E-state index contributed by atoms with van der Waals surface area (Å²) in [6.45, 7) is 0.0562. The van der Waals surface area contributed by atoms with Gasteiger partial charge in [0, 0.05) is 16.3 Å². The highest BCUT2D eigenvalue weighted by atomic mass is 35.5. The highest BCUT2D eigenvalue weighted by molar-refractivity contribution is 6.30. The first-order valence-electron chi connectivity index (χ1n) is 9.92. The Bertz CT molecular complexity index is 1330. The number of aromatic carboxylic acids is 1. The number of carbonyl (C=O) groups is 2. The molecule has 0 fully saturated rings. The van der Waals surface area contributed by atoms with E-state index in [0.29, 0.717) is 10.6 Å². The first-order chi connectivity index (χ1) is 16.6. The number of hydrogen-bond donors (Lipinski definition) is 2. The van der Waals surface area contributed by atoms with Gasteiger partial charge in [-0.3, -0.25) is 4.79 Å². The molecule has 0 aliphatic heterocycles. The molecule has 6 nitrogen and oxygen atoms in total. The first kappa shape index (κ1) is 25.3. The lowest BCUT2D eigenvalue weighted by Gasteiger charge is -2.11. The van der Waals surface area contributed by atoms with Crippen molar-refractivity contribution in [2.75, 3.05) is 5.32 Å². The number of nitrogens with one attached hydrogen (secondary N) is 1. The maximum absolute atomic E-state index is 12.9. The molecule has 0 saturated heterocycles. The van der Waals surface area contributed by atoms with Crippen molar-refractivity contribution in [3.63, 3.8) is 0 Å². The molecular weight excluding hydrogens is 485 g/mol. The lowest BCUT2D eigenvalue weighted by atomic mass is 10.1. The standard InChI is InChI=1S/C25H16ClF3N2O4/c26-20-8-9-22(35-14-15-4-6-16(7-5-15)24(33)34)17(11-20)10-18(13-30)23(32)31-21-3-1-2-19(12-21)25(27,28)29/h1-12H,14H2,(H,31,32)(H,33,34)/b18-10+. The van der Waals surface area contributed by atoms with E-state index < -0.39 is 23.6 Å². The number of hydrogen-bond acceptors (Lipinski definition) is 4. The second-order valence-corrected chi connectivity index (χ2v) is 7.61. The Morgan fingerprint density at radius 1 is 1.09 bits per heavy atom. The number of amides is 1. The molecule has 1 amide bonds. The van der Waals surface area contributed by atoms with Crippen LogP contribution >= 0.6 is 11.6 Å². The summed E-state index contributed by atoms with van der Waals surface area (Å²) in [5.41, 5.74) is -0.384. The third-order valence-corrected chi connectivity index (χ3v) is 4.91. The number of anilines is 1. The van der Waals surface area contributed by atoms with Crippen LogP contribution in [0, 0.1) is 11.3 Å². The van der Waals surface area contributed by atoms with E-state index in [-0.39, 0.29) is 34.7 Å². The predicted molar refractivity (Wildman–Crippen MR) is 123 cm³/mol. The van der Waals surface area contributed by atoms with Crippen molar-refractivity contribution >= 4 is 35.2 Å². The number of rotatable bonds is 7. The summed E-state index contributed by atoms with van der Waals surface area (Å²) in [5, 5.41) is 21.0. The molecule has 0 aliphatic carbocycles. The molecule has 0 atom stereocenters. The molecule has 3 rings (SSSR count). The Hall–Kier alpha value is -4.29. The summed E-state index contributed by atoms with van der Waals surface area (Å²) in [6.07, 6.45) is -3.38. The largest absolute Gasteiger partial charge is 0.488 e. The van der Waals surface area contributed by atoms with Gasteiger partial charge in [-0.2, -0.15) is 18.4 Å². The van der Waals surface area contributed by atoms with Crippen molar-refractivity contribution in [1.29, 1.82) is 5.26 Å². The van der Waals surface area contributed by atoms with Crippen molar-refractivity contribution in [1.82, 2.24) is 0 Å². The lowest BCUT2D eigenvalue weighted by Crippen LogP contribution is -2.14. The minimum absolute atomic E-state index is 0.0562. The van der Waals surface area contributed by atoms with Crippen molar-refractivity contribution in [2.24, 2.45) is 0 Å². The van der Waals surface area contributed by atoms with Gasteiger partial charge in [0.15, 0.2) is 0 Å². The van der Waals surface area contributed by atoms with E-state index in [2.05, 4.69) is 5.32 Å². The highest BCUT2D eigenvalue weighted by Gasteiger charge is 2.30. The summed E-state index contributed by atoms with van der Waals surface area (Å²) in [5.74, 6) is -1.70. The molecule has 0 aliphatic rings. The first-order valence-corrected chi connectivity index (χ1v) is 10.3. The van der Waals surface area contributed by atoms with E-state index in [1.54, 1.807) is 18.2 Å². The molecule has 0 unspecified atom stereocenters. The smallest absolute Gasteiger partial charge is 0.416 e. The van der Waals surface area contributed by atoms with E-state index in [4.69, 9.17) is 21.4 Å². The Kier molecular flexibility index (Phi) is 7.79. The summed E-state index contributed by atoms with van der Waals surface area (Å²) >= 11 is 6.05. The van der Waals surface area contributed by atoms with E-state index >= 15 is 0 Å². The number of carboxylic acid groups (broad SMARTS) is 1. The predicted octanol–water partition coefficient (Wildman–Crippen LogP) is 6.18. The Morgan fingerprint density at radius 3 is 2.43 bits per heavy atom. The van der Waals surface area contributed by atoms with Crippen molar-refractivity contribution < 1.29 is 32.6 Å². The minimum Gasteiger partial charge on any atom is -0.488 e.